The molecule has 0 aliphatic heterocycles. The normalized spacial score (nSPS) is 11.1. The van der Waals surface area contributed by atoms with Crippen molar-refractivity contribution in [3.05, 3.63) is 52.9 Å². The van der Waals surface area contributed by atoms with E-state index >= 15 is 0 Å². The summed E-state index contributed by atoms with van der Waals surface area (Å²) < 4.78 is 15.5. The smallest absolute Gasteiger partial charge is 0.132 e. The Bertz CT molecular complexity index is 613. The molecule has 0 unspecified atom stereocenters. The van der Waals surface area contributed by atoms with Crippen LogP contribution < -0.4 is 0 Å². The average Bonchev–Trinajstić information content (AvgIpc) is 2.90. The highest BCUT2D eigenvalue weighted by Gasteiger charge is 2.05. The molecule has 0 spiro atoms. The highest BCUT2D eigenvalue weighted by atomic mass is 32.1. The number of halogens is 1. The summed E-state index contributed by atoms with van der Waals surface area (Å²) >= 11 is 1.61. The second-order valence-electron chi connectivity index (χ2n) is 3.58. The molecule has 3 rings (SSSR count). The molecule has 0 saturated heterocycles. The molecule has 2 aromatic heterocycles. The first-order valence-corrected chi connectivity index (χ1v) is 5.83. The molecule has 16 heavy (non-hydrogen) atoms. The lowest BCUT2D eigenvalue weighted by atomic mass is 10.2. The molecule has 4 heteroatoms. The highest BCUT2D eigenvalue weighted by Crippen LogP contribution is 2.20. The van der Waals surface area contributed by atoms with Gasteiger partial charge in [0.1, 0.15) is 5.82 Å². The lowest BCUT2D eigenvalue weighted by Crippen LogP contribution is -1.95. The minimum Gasteiger partial charge on any atom is -0.342 e. The Balaban J connectivity index is 2.08. The van der Waals surface area contributed by atoms with Crippen LogP contribution >= 0.6 is 11.3 Å². The van der Waals surface area contributed by atoms with Crippen LogP contribution in [0.15, 0.2) is 42.2 Å². The number of rotatable bonds is 2. The van der Waals surface area contributed by atoms with Gasteiger partial charge in [-0.05, 0) is 18.2 Å². The Morgan fingerprint density at radius 3 is 3.06 bits per heavy atom. The van der Waals surface area contributed by atoms with Gasteiger partial charge >= 0.3 is 0 Å². The zero-order chi connectivity index (χ0) is 11.0. The van der Waals surface area contributed by atoms with Crippen LogP contribution in [0.2, 0.25) is 0 Å². The standard InChI is InChI=1S/C12H9FN2S/c13-11-2-1-3-12-10(11)4-5-15(12)7-9-6-14-8-16-9/h1-6,8H,7H2. The molecule has 3 aromatic rings. The Kier molecular flexibility index (Phi) is 2.22. The van der Waals surface area contributed by atoms with Crippen molar-refractivity contribution in [2.45, 2.75) is 6.54 Å². The van der Waals surface area contributed by atoms with Gasteiger partial charge in [-0.15, -0.1) is 11.3 Å². The van der Waals surface area contributed by atoms with Crippen LogP contribution in [-0.2, 0) is 6.54 Å². The van der Waals surface area contributed by atoms with Crippen LogP contribution in [-0.4, -0.2) is 9.55 Å². The molecule has 0 bridgehead atoms. The van der Waals surface area contributed by atoms with Crippen molar-refractivity contribution in [2.24, 2.45) is 0 Å². The summed E-state index contributed by atoms with van der Waals surface area (Å²) in [6, 6.07) is 6.96. The topological polar surface area (TPSA) is 17.8 Å². The second-order valence-corrected chi connectivity index (χ2v) is 4.55. The maximum Gasteiger partial charge on any atom is 0.132 e. The summed E-state index contributed by atoms with van der Waals surface area (Å²) in [5.74, 6) is -0.166. The maximum atomic E-state index is 13.5. The van der Waals surface area contributed by atoms with Gasteiger partial charge < -0.3 is 4.57 Å². The maximum absolute atomic E-state index is 13.5. The molecular formula is C12H9FN2S. The molecule has 0 aliphatic rings. The molecule has 0 amide bonds. The Labute approximate surface area is 96.0 Å². The van der Waals surface area contributed by atoms with E-state index in [1.165, 1.54) is 10.9 Å². The predicted molar refractivity (Wildman–Crippen MR) is 63.1 cm³/mol. The van der Waals surface area contributed by atoms with E-state index in [4.69, 9.17) is 0 Å². The number of fused-ring (bicyclic) bond motifs is 1. The van der Waals surface area contributed by atoms with Gasteiger partial charge in [0.25, 0.3) is 0 Å². The second kappa shape index (κ2) is 3.72. The van der Waals surface area contributed by atoms with Crippen LogP contribution in [0.4, 0.5) is 4.39 Å². The van der Waals surface area contributed by atoms with E-state index in [9.17, 15) is 4.39 Å². The SMILES string of the molecule is Fc1cccc2c1ccn2Cc1cncs1. The summed E-state index contributed by atoms with van der Waals surface area (Å²) in [7, 11) is 0. The van der Waals surface area contributed by atoms with E-state index in [1.807, 2.05) is 34.6 Å². The largest absolute Gasteiger partial charge is 0.342 e. The molecule has 0 saturated carbocycles. The third-order valence-corrected chi connectivity index (χ3v) is 3.33. The van der Waals surface area contributed by atoms with Gasteiger partial charge in [0.2, 0.25) is 0 Å². The summed E-state index contributed by atoms with van der Waals surface area (Å²) in [5.41, 5.74) is 2.73. The average molecular weight is 232 g/mol. The highest BCUT2D eigenvalue weighted by molar-refractivity contribution is 7.09. The zero-order valence-electron chi connectivity index (χ0n) is 8.43. The fourth-order valence-corrected chi connectivity index (χ4v) is 2.40. The third kappa shape index (κ3) is 1.51. The van der Waals surface area contributed by atoms with E-state index in [1.54, 1.807) is 17.4 Å². The van der Waals surface area contributed by atoms with E-state index in [2.05, 4.69) is 4.98 Å². The molecular weight excluding hydrogens is 223 g/mol. The summed E-state index contributed by atoms with van der Waals surface area (Å²) in [5, 5.41) is 0.673. The van der Waals surface area contributed by atoms with Crippen molar-refractivity contribution in [3.8, 4) is 0 Å². The van der Waals surface area contributed by atoms with Crippen molar-refractivity contribution in [1.29, 1.82) is 0 Å². The molecule has 2 heterocycles. The number of benzene rings is 1. The number of thiazole rings is 1. The van der Waals surface area contributed by atoms with Crippen molar-refractivity contribution >= 4 is 22.2 Å². The van der Waals surface area contributed by atoms with E-state index in [0.29, 0.717) is 5.39 Å². The fourth-order valence-electron chi connectivity index (χ4n) is 1.81. The minimum atomic E-state index is -0.166. The Hall–Kier alpha value is -1.68. The number of hydrogen-bond donors (Lipinski definition) is 0. The molecule has 80 valence electrons. The van der Waals surface area contributed by atoms with Gasteiger partial charge in [0.15, 0.2) is 0 Å². The van der Waals surface area contributed by atoms with Gasteiger partial charge in [-0.1, -0.05) is 6.07 Å². The molecule has 0 radical (unpaired) electrons. The van der Waals surface area contributed by atoms with Gasteiger partial charge in [-0.25, -0.2) is 4.39 Å². The van der Waals surface area contributed by atoms with Crippen LogP contribution in [0, 0.1) is 5.82 Å². The van der Waals surface area contributed by atoms with Gasteiger partial charge in [0.05, 0.1) is 17.6 Å². The summed E-state index contributed by atoms with van der Waals surface area (Å²) in [6.45, 7) is 0.748. The van der Waals surface area contributed by atoms with Gasteiger partial charge in [-0.3, -0.25) is 4.98 Å². The monoisotopic (exact) mass is 232 g/mol. The predicted octanol–water partition coefficient (Wildman–Crippen LogP) is 3.29. The number of aromatic nitrogens is 2. The fraction of sp³-hybridized carbons (Fsp3) is 0.0833. The van der Waals surface area contributed by atoms with Crippen LogP contribution in [0.5, 0.6) is 0 Å². The lowest BCUT2D eigenvalue weighted by molar-refractivity contribution is 0.639. The van der Waals surface area contributed by atoms with Crippen molar-refractivity contribution in [2.75, 3.05) is 0 Å². The molecule has 0 N–H and O–H groups in total. The first-order valence-electron chi connectivity index (χ1n) is 4.95. The minimum absolute atomic E-state index is 0.166. The molecule has 0 aliphatic carbocycles. The van der Waals surface area contributed by atoms with Crippen LogP contribution in [0.25, 0.3) is 10.9 Å². The van der Waals surface area contributed by atoms with Crippen LogP contribution in [0.1, 0.15) is 4.88 Å². The van der Waals surface area contributed by atoms with Crippen LogP contribution in [0.3, 0.4) is 0 Å². The van der Waals surface area contributed by atoms with Crippen molar-refractivity contribution < 1.29 is 4.39 Å². The first-order chi connectivity index (χ1) is 7.84. The molecule has 0 fully saturated rings. The van der Waals surface area contributed by atoms with Crippen molar-refractivity contribution in [3.63, 3.8) is 0 Å². The summed E-state index contributed by atoms with van der Waals surface area (Å²) in [6.07, 6.45) is 3.75. The number of hydrogen-bond acceptors (Lipinski definition) is 2. The van der Waals surface area contributed by atoms with E-state index < -0.39 is 0 Å². The third-order valence-electron chi connectivity index (χ3n) is 2.57. The Morgan fingerprint density at radius 1 is 1.31 bits per heavy atom. The lowest BCUT2D eigenvalue weighted by Gasteiger charge is -2.02. The van der Waals surface area contributed by atoms with Crippen molar-refractivity contribution in [1.82, 2.24) is 9.55 Å². The molecule has 0 atom stereocenters. The van der Waals surface area contributed by atoms with Gasteiger partial charge in [0, 0.05) is 22.7 Å². The van der Waals surface area contributed by atoms with E-state index in [0.717, 1.165) is 12.1 Å². The molecule has 2 nitrogen and oxygen atoms in total. The van der Waals surface area contributed by atoms with Gasteiger partial charge in [-0.2, -0.15) is 0 Å². The first kappa shape index (κ1) is 9.54. The summed E-state index contributed by atoms with van der Waals surface area (Å²) in [4.78, 5) is 5.20. The molecule has 1 aromatic carbocycles. The Morgan fingerprint density at radius 2 is 2.25 bits per heavy atom. The quantitative estimate of drug-likeness (QED) is 0.663. The zero-order valence-corrected chi connectivity index (χ0v) is 9.25. The van der Waals surface area contributed by atoms with E-state index in [-0.39, 0.29) is 5.82 Å². The number of nitrogens with zero attached hydrogens (tertiary/aromatic N) is 2.